The van der Waals surface area contributed by atoms with Crippen molar-refractivity contribution in [3.8, 4) is 5.75 Å². The van der Waals surface area contributed by atoms with Crippen LogP contribution in [-0.4, -0.2) is 55.4 Å². The lowest BCUT2D eigenvalue weighted by Gasteiger charge is -2.26. The Kier molecular flexibility index (Phi) is 6.42. The molecule has 118 valence electrons. The van der Waals surface area contributed by atoms with Crippen molar-refractivity contribution in [3.05, 3.63) is 23.5 Å². The second-order valence-corrected chi connectivity index (χ2v) is 5.57. The van der Waals surface area contributed by atoms with Gasteiger partial charge in [0.15, 0.2) is 0 Å². The van der Waals surface area contributed by atoms with Crippen molar-refractivity contribution in [1.29, 1.82) is 0 Å². The number of nitrogens with zero attached hydrogens (tertiary/aromatic N) is 2. The number of pyridine rings is 1. The molecule has 0 saturated carbocycles. The molecule has 0 spiro atoms. The molecule has 1 aromatic rings. The van der Waals surface area contributed by atoms with Gasteiger partial charge in [0, 0.05) is 37.8 Å². The monoisotopic (exact) mass is 293 g/mol. The summed E-state index contributed by atoms with van der Waals surface area (Å²) < 4.78 is 11.3. The average molecular weight is 293 g/mol. The number of hydrogen-bond acceptors (Lipinski definition) is 5. The van der Waals surface area contributed by atoms with Gasteiger partial charge in [0.2, 0.25) is 0 Å². The smallest absolute Gasteiger partial charge is 0.140 e. The average Bonchev–Trinajstić information content (AvgIpc) is 2.50. The van der Waals surface area contributed by atoms with Crippen LogP contribution in [0.4, 0.5) is 0 Å². The van der Waals surface area contributed by atoms with E-state index in [0.29, 0.717) is 6.61 Å². The first kappa shape index (κ1) is 16.2. The number of hydrogen-bond donors (Lipinski definition) is 1. The number of nitrogens with two attached hydrogens (primary N) is 1. The van der Waals surface area contributed by atoms with E-state index in [0.717, 1.165) is 62.8 Å². The highest BCUT2D eigenvalue weighted by Crippen LogP contribution is 2.19. The molecule has 2 rings (SSSR count). The van der Waals surface area contributed by atoms with Crippen molar-refractivity contribution in [2.45, 2.75) is 32.7 Å². The van der Waals surface area contributed by atoms with Gasteiger partial charge < -0.3 is 15.2 Å². The Balaban J connectivity index is 1.88. The Morgan fingerprint density at radius 1 is 1.38 bits per heavy atom. The van der Waals surface area contributed by atoms with E-state index in [1.807, 2.05) is 19.1 Å². The molecule has 0 bridgehead atoms. The van der Waals surface area contributed by atoms with E-state index >= 15 is 0 Å². The first-order valence-corrected chi connectivity index (χ1v) is 7.84. The molecule has 1 atom stereocenters. The van der Waals surface area contributed by atoms with Crippen molar-refractivity contribution < 1.29 is 9.47 Å². The maximum absolute atomic E-state index is 6.05. The lowest BCUT2D eigenvalue weighted by atomic mass is 10.1. The number of aryl methyl sites for hydroxylation is 1. The molecule has 5 nitrogen and oxygen atoms in total. The largest absolute Gasteiger partial charge is 0.490 e. The minimum absolute atomic E-state index is 0.140. The molecule has 1 fully saturated rings. The molecule has 1 unspecified atom stereocenters. The summed E-state index contributed by atoms with van der Waals surface area (Å²) in [4.78, 5) is 6.95. The van der Waals surface area contributed by atoms with Crippen LogP contribution >= 0.6 is 0 Å². The van der Waals surface area contributed by atoms with E-state index < -0.39 is 0 Å². The van der Waals surface area contributed by atoms with Gasteiger partial charge >= 0.3 is 0 Å². The fourth-order valence-corrected chi connectivity index (χ4v) is 2.38. The van der Waals surface area contributed by atoms with Crippen molar-refractivity contribution >= 4 is 0 Å². The first-order valence-electron chi connectivity index (χ1n) is 7.84. The molecule has 21 heavy (non-hydrogen) atoms. The van der Waals surface area contributed by atoms with Gasteiger partial charge in [-0.1, -0.05) is 6.92 Å². The Morgan fingerprint density at radius 2 is 2.14 bits per heavy atom. The van der Waals surface area contributed by atoms with Crippen LogP contribution in [0.2, 0.25) is 0 Å². The van der Waals surface area contributed by atoms with Crippen LogP contribution < -0.4 is 10.5 Å². The van der Waals surface area contributed by atoms with Crippen molar-refractivity contribution in [2.75, 3.05) is 39.5 Å². The zero-order valence-electron chi connectivity index (χ0n) is 13.2. The predicted octanol–water partition coefficient (Wildman–Crippen LogP) is 1.38. The highest BCUT2D eigenvalue weighted by molar-refractivity contribution is 5.30. The Hall–Kier alpha value is -1.17. The van der Waals surface area contributed by atoms with Crippen molar-refractivity contribution in [2.24, 2.45) is 5.73 Å². The van der Waals surface area contributed by atoms with Gasteiger partial charge in [-0.2, -0.15) is 0 Å². The topological polar surface area (TPSA) is 60.6 Å². The van der Waals surface area contributed by atoms with Crippen LogP contribution in [0.3, 0.4) is 0 Å². The van der Waals surface area contributed by atoms with Gasteiger partial charge in [0.1, 0.15) is 12.4 Å². The molecular formula is C16H27N3O2. The summed E-state index contributed by atoms with van der Waals surface area (Å²) in [5, 5.41) is 0. The third-order valence-electron chi connectivity index (χ3n) is 3.82. The summed E-state index contributed by atoms with van der Waals surface area (Å²) in [5.74, 6) is 0.873. The summed E-state index contributed by atoms with van der Waals surface area (Å²) in [6.45, 7) is 9.32. The standard InChI is InChI=1S/C16H27N3O2/c1-3-14(17)12-15-16(5-4-13(2)18-15)21-11-8-19-6-9-20-10-7-19/h4-5,14H,3,6-12,17H2,1-2H3. The fourth-order valence-electron chi connectivity index (χ4n) is 2.38. The molecule has 0 aliphatic carbocycles. The van der Waals surface area contributed by atoms with Crippen LogP contribution in [0.15, 0.2) is 12.1 Å². The van der Waals surface area contributed by atoms with Gasteiger partial charge in [0.25, 0.3) is 0 Å². The normalized spacial score (nSPS) is 17.7. The quantitative estimate of drug-likeness (QED) is 0.823. The third kappa shape index (κ3) is 5.26. The van der Waals surface area contributed by atoms with Crippen molar-refractivity contribution in [3.63, 3.8) is 0 Å². The Bertz CT molecular complexity index is 434. The third-order valence-corrected chi connectivity index (χ3v) is 3.82. The van der Waals surface area contributed by atoms with Gasteiger partial charge in [0.05, 0.1) is 18.9 Å². The summed E-state index contributed by atoms with van der Waals surface area (Å²) in [6, 6.07) is 4.14. The van der Waals surface area contributed by atoms with E-state index in [9.17, 15) is 0 Å². The van der Waals surface area contributed by atoms with Gasteiger partial charge in [-0.15, -0.1) is 0 Å². The van der Waals surface area contributed by atoms with Gasteiger partial charge in [-0.3, -0.25) is 9.88 Å². The SMILES string of the molecule is CCC(N)Cc1nc(C)ccc1OCCN1CCOCC1. The maximum atomic E-state index is 6.05. The first-order chi connectivity index (χ1) is 10.2. The lowest BCUT2D eigenvalue weighted by molar-refractivity contribution is 0.0321. The molecule has 1 aromatic heterocycles. The zero-order chi connectivity index (χ0) is 15.1. The Labute approximate surface area is 127 Å². The van der Waals surface area contributed by atoms with E-state index in [-0.39, 0.29) is 6.04 Å². The number of rotatable bonds is 7. The van der Waals surface area contributed by atoms with Crippen LogP contribution in [0.25, 0.3) is 0 Å². The van der Waals surface area contributed by atoms with Crippen molar-refractivity contribution in [1.82, 2.24) is 9.88 Å². The zero-order valence-corrected chi connectivity index (χ0v) is 13.2. The highest BCUT2D eigenvalue weighted by Gasteiger charge is 2.12. The minimum atomic E-state index is 0.140. The second kappa shape index (κ2) is 8.32. The summed E-state index contributed by atoms with van der Waals surface area (Å²) in [5.41, 5.74) is 8.04. The molecule has 2 N–H and O–H groups in total. The second-order valence-electron chi connectivity index (χ2n) is 5.57. The van der Waals surface area contributed by atoms with E-state index in [1.165, 1.54) is 0 Å². The number of morpholine rings is 1. The van der Waals surface area contributed by atoms with Crippen LogP contribution in [0, 0.1) is 6.92 Å². The maximum Gasteiger partial charge on any atom is 0.140 e. The summed E-state index contributed by atoms with van der Waals surface area (Å²) >= 11 is 0. The van der Waals surface area contributed by atoms with Gasteiger partial charge in [-0.25, -0.2) is 0 Å². The predicted molar refractivity (Wildman–Crippen MR) is 83.7 cm³/mol. The fraction of sp³-hybridized carbons (Fsp3) is 0.688. The molecule has 1 saturated heterocycles. The summed E-state index contributed by atoms with van der Waals surface area (Å²) in [6.07, 6.45) is 1.72. The van der Waals surface area contributed by atoms with Crippen LogP contribution in [0.1, 0.15) is 24.7 Å². The number of ether oxygens (including phenoxy) is 2. The molecule has 0 amide bonds. The Morgan fingerprint density at radius 3 is 2.86 bits per heavy atom. The molecule has 1 aliphatic rings. The molecule has 2 heterocycles. The molecule has 1 aliphatic heterocycles. The molecular weight excluding hydrogens is 266 g/mol. The molecule has 0 radical (unpaired) electrons. The van der Waals surface area contributed by atoms with Crippen LogP contribution in [0.5, 0.6) is 5.75 Å². The number of aromatic nitrogens is 1. The van der Waals surface area contributed by atoms with E-state index in [4.69, 9.17) is 15.2 Å². The van der Waals surface area contributed by atoms with Gasteiger partial charge in [-0.05, 0) is 25.5 Å². The minimum Gasteiger partial charge on any atom is -0.490 e. The lowest BCUT2D eigenvalue weighted by Crippen LogP contribution is -2.38. The van der Waals surface area contributed by atoms with E-state index in [2.05, 4.69) is 16.8 Å². The summed E-state index contributed by atoms with van der Waals surface area (Å²) in [7, 11) is 0. The molecule has 0 aromatic carbocycles. The van der Waals surface area contributed by atoms with E-state index in [1.54, 1.807) is 0 Å². The molecule has 5 heteroatoms. The highest BCUT2D eigenvalue weighted by atomic mass is 16.5. The van der Waals surface area contributed by atoms with Crippen LogP contribution in [-0.2, 0) is 11.2 Å².